The number of aryl methyl sites for hydroxylation is 2. The zero-order valence-corrected chi connectivity index (χ0v) is 20.9. The molecule has 0 radical (unpaired) electrons. The molecule has 0 aliphatic carbocycles. The van der Waals surface area contributed by atoms with Gasteiger partial charge >= 0.3 is 5.97 Å². The summed E-state index contributed by atoms with van der Waals surface area (Å²) in [5.74, 6) is 0.675. The number of carboxylic acid groups (broad SMARTS) is 1. The van der Waals surface area contributed by atoms with E-state index in [4.69, 9.17) is 9.84 Å². The van der Waals surface area contributed by atoms with Crippen LogP contribution in [-0.2, 0) is 4.79 Å². The molecule has 5 rings (SSSR count). The summed E-state index contributed by atoms with van der Waals surface area (Å²) in [7, 11) is 0. The van der Waals surface area contributed by atoms with Gasteiger partial charge in [0.1, 0.15) is 17.3 Å². The lowest BCUT2D eigenvalue weighted by atomic mass is 10.0. The molecule has 0 unspecified atom stereocenters. The van der Waals surface area contributed by atoms with Crippen molar-refractivity contribution in [2.45, 2.75) is 31.3 Å². The van der Waals surface area contributed by atoms with Gasteiger partial charge in [-0.2, -0.15) is 5.10 Å². The number of anilines is 1. The van der Waals surface area contributed by atoms with Crippen molar-refractivity contribution in [2.75, 3.05) is 5.32 Å². The first-order chi connectivity index (χ1) is 17.3. The molecule has 1 amide bonds. The molecule has 0 saturated heterocycles. The number of aromatic nitrogens is 2. The molecule has 2 N–H and O–H groups in total. The molecule has 4 aromatic rings. The monoisotopic (exact) mass is 499 g/mol. The van der Waals surface area contributed by atoms with Gasteiger partial charge in [0.2, 0.25) is 5.91 Å². The predicted octanol–water partition coefficient (Wildman–Crippen LogP) is 6.14. The van der Waals surface area contributed by atoms with Crippen LogP contribution in [0.1, 0.15) is 44.9 Å². The molecule has 1 aromatic heterocycles. The van der Waals surface area contributed by atoms with Gasteiger partial charge in [-0.1, -0.05) is 36.4 Å². The van der Waals surface area contributed by atoms with Crippen molar-refractivity contribution in [1.29, 1.82) is 0 Å². The van der Waals surface area contributed by atoms with E-state index in [1.54, 1.807) is 23.9 Å². The molecule has 36 heavy (non-hydrogen) atoms. The Morgan fingerprint density at radius 3 is 2.50 bits per heavy atom. The van der Waals surface area contributed by atoms with E-state index < -0.39 is 5.97 Å². The van der Waals surface area contributed by atoms with Crippen molar-refractivity contribution in [2.24, 2.45) is 0 Å². The standard InChI is InChI=1S/C28H25N3O4S/c1-16-7-4-5-10-23(16)31-26-24(17(2)30-31)25(36-18(3)27(32)29-26)19-11-13-21(14-12-19)35-22-9-6-8-20(15-22)28(33)34/h4-15,18,25H,1-3H3,(H,29,32)(H,33,34)/t18-,25+/m0/s1. The number of fused-ring (bicyclic) bond motifs is 1. The molecule has 1 aliphatic rings. The number of carbonyl (C=O) groups excluding carboxylic acids is 1. The SMILES string of the molecule is Cc1ccccc1-n1nc(C)c2c1NC(=O)[C@H](C)S[C@@H]2c1ccc(Oc2cccc(C(=O)O)c2)cc1. The van der Waals surface area contributed by atoms with Crippen molar-refractivity contribution in [3.05, 3.63) is 101 Å². The highest BCUT2D eigenvalue weighted by Gasteiger charge is 2.34. The molecule has 7 nitrogen and oxygen atoms in total. The van der Waals surface area contributed by atoms with Crippen LogP contribution in [0, 0.1) is 13.8 Å². The summed E-state index contributed by atoms with van der Waals surface area (Å²) in [6.07, 6.45) is 0. The largest absolute Gasteiger partial charge is 0.478 e. The number of para-hydroxylation sites is 1. The molecule has 0 saturated carbocycles. The number of thioether (sulfide) groups is 1. The molecule has 8 heteroatoms. The third-order valence-electron chi connectivity index (χ3n) is 6.16. The second-order valence-electron chi connectivity index (χ2n) is 8.70. The van der Waals surface area contributed by atoms with Gasteiger partial charge in [-0.15, -0.1) is 11.8 Å². The minimum Gasteiger partial charge on any atom is -0.478 e. The molecule has 0 bridgehead atoms. The van der Waals surface area contributed by atoms with Crippen LogP contribution in [0.2, 0.25) is 0 Å². The smallest absolute Gasteiger partial charge is 0.335 e. The highest BCUT2D eigenvalue weighted by molar-refractivity contribution is 8.01. The molecule has 2 heterocycles. The highest BCUT2D eigenvalue weighted by atomic mass is 32.2. The Morgan fingerprint density at radius 1 is 1.03 bits per heavy atom. The molecule has 0 spiro atoms. The maximum absolute atomic E-state index is 12.9. The maximum Gasteiger partial charge on any atom is 0.335 e. The number of amides is 1. The Kier molecular flexibility index (Phi) is 6.28. The summed E-state index contributed by atoms with van der Waals surface area (Å²) < 4.78 is 7.72. The fourth-order valence-electron chi connectivity index (χ4n) is 4.29. The quantitative estimate of drug-likeness (QED) is 0.342. The molecule has 0 fully saturated rings. The number of hydrogen-bond acceptors (Lipinski definition) is 5. The van der Waals surface area contributed by atoms with Crippen LogP contribution < -0.4 is 10.1 Å². The number of nitrogens with one attached hydrogen (secondary N) is 1. The van der Waals surface area contributed by atoms with Crippen molar-refractivity contribution in [3.8, 4) is 17.2 Å². The number of aromatic carboxylic acids is 1. The first-order valence-electron chi connectivity index (χ1n) is 11.5. The average Bonchev–Trinajstić information content (AvgIpc) is 3.11. The predicted molar refractivity (Wildman–Crippen MR) is 140 cm³/mol. The van der Waals surface area contributed by atoms with Gasteiger partial charge in [-0.25, -0.2) is 9.48 Å². The average molecular weight is 500 g/mol. The summed E-state index contributed by atoms with van der Waals surface area (Å²) >= 11 is 1.58. The number of hydrogen-bond donors (Lipinski definition) is 2. The van der Waals surface area contributed by atoms with Gasteiger partial charge in [0.15, 0.2) is 0 Å². The van der Waals surface area contributed by atoms with Crippen molar-refractivity contribution >= 4 is 29.5 Å². The lowest BCUT2D eigenvalue weighted by molar-refractivity contribution is -0.115. The number of carbonyl (C=O) groups is 2. The molecular weight excluding hydrogens is 474 g/mol. The zero-order chi connectivity index (χ0) is 25.4. The third kappa shape index (κ3) is 4.47. The first kappa shape index (κ1) is 23.7. The fourth-order valence-corrected chi connectivity index (χ4v) is 5.61. The minimum absolute atomic E-state index is 0.0586. The fraction of sp³-hybridized carbons (Fsp3) is 0.179. The maximum atomic E-state index is 12.9. The molecule has 182 valence electrons. The van der Waals surface area contributed by atoms with Gasteiger partial charge in [-0.05, 0) is 68.3 Å². The normalized spacial score (nSPS) is 17.1. The van der Waals surface area contributed by atoms with Gasteiger partial charge in [0.05, 0.1) is 27.4 Å². The van der Waals surface area contributed by atoms with Crippen LogP contribution in [0.4, 0.5) is 5.82 Å². The van der Waals surface area contributed by atoms with Crippen LogP contribution in [0.5, 0.6) is 11.5 Å². The lowest BCUT2D eigenvalue weighted by Crippen LogP contribution is -2.22. The Bertz CT molecular complexity index is 1460. The van der Waals surface area contributed by atoms with Crippen LogP contribution in [0.15, 0.2) is 72.8 Å². The number of benzene rings is 3. The van der Waals surface area contributed by atoms with E-state index in [0.29, 0.717) is 17.3 Å². The third-order valence-corrected chi connectivity index (χ3v) is 7.57. The van der Waals surface area contributed by atoms with E-state index in [2.05, 4.69) is 5.32 Å². The molecule has 3 aromatic carbocycles. The van der Waals surface area contributed by atoms with Crippen molar-refractivity contribution < 1.29 is 19.4 Å². The lowest BCUT2D eigenvalue weighted by Gasteiger charge is -2.18. The minimum atomic E-state index is -1.00. The summed E-state index contributed by atoms with van der Waals surface area (Å²) in [6.45, 7) is 5.90. The number of carboxylic acids is 1. The van der Waals surface area contributed by atoms with E-state index in [9.17, 15) is 14.7 Å². The van der Waals surface area contributed by atoms with Crippen molar-refractivity contribution in [1.82, 2.24) is 9.78 Å². The van der Waals surface area contributed by atoms with Gasteiger partial charge in [0, 0.05) is 5.56 Å². The van der Waals surface area contributed by atoms with E-state index in [0.717, 1.165) is 28.1 Å². The molecule has 1 aliphatic heterocycles. The van der Waals surface area contributed by atoms with E-state index in [-0.39, 0.29) is 22.0 Å². The summed E-state index contributed by atoms with van der Waals surface area (Å²) in [5, 5.41) is 16.8. The van der Waals surface area contributed by atoms with E-state index >= 15 is 0 Å². The summed E-state index contributed by atoms with van der Waals surface area (Å²) in [5.41, 5.74) is 5.00. The van der Waals surface area contributed by atoms with Crippen LogP contribution in [0.25, 0.3) is 5.69 Å². The Hall–Kier alpha value is -4.04. The zero-order valence-electron chi connectivity index (χ0n) is 20.1. The molecule has 2 atom stereocenters. The first-order valence-corrected chi connectivity index (χ1v) is 12.5. The number of ether oxygens (including phenoxy) is 1. The highest BCUT2D eigenvalue weighted by Crippen LogP contribution is 2.46. The number of rotatable bonds is 5. The Balaban J connectivity index is 1.51. The van der Waals surface area contributed by atoms with Crippen LogP contribution >= 0.6 is 11.8 Å². The topological polar surface area (TPSA) is 93.5 Å². The molecular formula is C28H25N3O4S. The summed E-state index contributed by atoms with van der Waals surface area (Å²) in [4.78, 5) is 24.2. The Labute approximate surface area is 213 Å². The van der Waals surface area contributed by atoms with Gasteiger partial charge < -0.3 is 15.2 Å². The van der Waals surface area contributed by atoms with Gasteiger partial charge in [-0.3, -0.25) is 4.79 Å². The van der Waals surface area contributed by atoms with Crippen LogP contribution in [-0.4, -0.2) is 32.0 Å². The Morgan fingerprint density at radius 2 is 1.78 bits per heavy atom. The summed E-state index contributed by atoms with van der Waals surface area (Å²) in [6, 6.07) is 22.0. The second-order valence-corrected chi connectivity index (χ2v) is 10.1. The van der Waals surface area contributed by atoms with Crippen LogP contribution in [0.3, 0.4) is 0 Å². The van der Waals surface area contributed by atoms with Gasteiger partial charge in [0.25, 0.3) is 0 Å². The van der Waals surface area contributed by atoms with Crippen molar-refractivity contribution in [3.63, 3.8) is 0 Å². The van der Waals surface area contributed by atoms with E-state index in [1.165, 1.54) is 12.1 Å². The number of nitrogens with zero attached hydrogens (tertiary/aromatic N) is 2. The second kappa shape index (κ2) is 9.54. The van der Waals surface area contributed by atoms with E-state index in [1.807, 2.05) is 74.0 Å².